The van der Waals surface area contributed by atoms with Crippen molar-refractivity contribution in [1.82, 2.24) is 4.57 Å². The fourth-order valence-corrected chi connectivity index (χ4v) is 0.985. The van der Waals surface area contributed by atoms with Gasteiger partial charge in [0.2, 0.25) is 0 Å². The molecule has 0 aliphatic carbocycles. The van der Waals surface area contributed by atoms with Crippen molar-refractivity contribution < 1.29 is 0 Å². The molecule has 0 atom stereocenters. The molecule has 3 nitrogen and oxygen atoms in total. The summed E-state index contributed by atoms with van der Waals surface area (Å²) in [4.78, 5) is 0. The van der Waals surface area contributed by atoms with Gasteiger partial charge in [-0.05, 0) is 24.6 Å². The fourth-order valence-electron chi connectivity index (χ4n) is 0.985. The molecule has 1 aromatic heterocycles. The SMILES string of the molecule is N#CCn1ccc(CCN)c1. The lowest BCUT2D eigenvalue weighted by Gasteiger charge is -1.91. The number of rotatable bonds is 3. The van der Waals surface area contributed by atoms with Crippen LogP contribution in [0.1, 0.15) is 5.56 Å². The van der Waals surface area contributed by atoms with Crippen LogP contribution < -0.4 is 5.73 Å². The van der Waals surface area contributed by atoms with E-state index >= 15 is 0 Å². The van der Waals surface area contributed by atoms with E-state index in [1.807, 2.05) is 23.0 Å². The van der Waals surface area contributed by atoms with E-state index in [9.17, 15) is 0 Å². The first-order valence-corrected chi connectivity index (χ1v) is 3.58. The van der Waals surface area contributed by atoms with E-state index in [0.29, 0.717) is 13.1 Å². The van der Waals surface area contributed by atoms with Crippen LogP contribution in [0.3, 0.4) is 0 Å². The van der Waals surface area contributed by atoms with Gasteiger partial charge in [0, 0.05) is 12.4 Å². The Balaban J connectivity index is 2.60. The Kier molecular flexibility index (Phi) is 2.70. The van der Waals surface area contributed by atoms with Crippen molar-refractivity contribution in [3.8, 4) is 6.07 Å². The molecule has 2 N–H and O–H groups in total. The summed E-state index contributed by atoms with van der Waals surface area (Å²) >= 11 is 0. The smallest absolute Gasteiger partial charge is 0.109 e. The highest BCUT2D eigenvalue weighted by molar-refractivity contribution is 5.11. The molecule has 0 bridgehead atoms. The van der Waals surface area contributed by atoms with E-state index in [1.54, 1.807) is 0 Å². The maximum atomic E-state index is 8.36. The minimum Gasteiger partial charge on any atom is -0.340 e. The van der Waals surface area contributed by atoms with Crippen molar-refractivity contribution in [2.75, 3.05) is 6.54 Å². The third kappa shape index (κ3) is 2.10. The normalized spacial score (nSPS) is 9.45. The van der Waals surface area contributed by atoms with Gasteiger partial charge in [-0.15, -0.1) is 0 Å². The van der Waals surface area contributed by atoms with Crippen LogP contribution >= 0.6 is 0 Å². The van der Waals surface area contributed by atoms with Gasteiger partial charge >= 0.3 is 0 Å². The second-order valence-corrected chi connectivity index (χ2v) is 2.39. The topological polar surface area (TPSA) is 54.7 Å². The van der Waals surface area contributed by atoms with E-state index < -0.39 is 0 Å². The van der Waals surface area contributed by atoms with Crippen LogP contribution in [-0.2, 0) is 13.0 Å². The van der Waals surface area contributed by atoms with Crippen molar-refractivity contribution >= 4 is 0 Å². The van der Waals surface area contributed by atoms with Gasteiger partial charge in [0.15, 0.2) is 0 Å². The average molecular weight is 149 g/mol. The molecule has 0 aliphatic rings. The number of nitrogens with two attached hydrogens (primary N) is 1. The standard InChI is InChI=1S/C8H11N3/c9-3-1-8-2-5-11(7-8)6-4-10/h2,5,7H,1,3,6,9H2. The molecule has 0 aromatic carbocycles. The van der Waals surface area contributed by atoms with Gasteiger partial charge in [0.25, 0.3) is 0 Å². The fraction of sp³-hybridized carbons (Fsp3) is 0.375. The van der Waals surface area contributed by atoms with Crippen LogP contribution in [0.4, 0.5) is 0 Å². The van der Waals surface area contributed by atoms with E-state index in [1.165, 1.54) is 5.56 Å². The molecule has 0 amide bonds. The minimum absolute atomic E-state index is 0.421. The second kappa shape index (κ2) is 3.79. The highest BCUT2D eigenvalue weighted by Gasteiger charge is 1.93. The number of hydrogen-bond acceptors (Lipinski definition) is 2. The van der Waals surface area contributed by atoms with Crippen molar-refractivity contribution in [3.63, 3.8) is 0 Å². The first-order valence-electron chi connectivity index (χ1n) is 3.58. The largest absolute Gasteiger partial charge is 0.340 e. The summed E-state index contributed by atoms with van der Waals surface area (Å²) in [6.45, 7) is 1.08. The van der Waals surface area contributed by atoms with Crippen LogP contribution in [0, 0.1) is 11.3 Å². The molecular formula is C8H11N3. The van der Waals surface area contributed by atoms with Crippen molar-refractivity contribution in [2.24, 2.45) is 5.73 Å². The molecule has 0 saturated heterocycles. The van der Waals surface area contributed by atoms with Crippen LogP contribution in [-0.4, -0.2) is 11.1 Å². The van der Waals surface area contributed by atoms with E-state index in [0.717, 1.165) is 6.42 Å². The Morgan fingerprint density at radius 3 is 3.09 bits per heavy atom. The van der Waals surface area contributed by atoms with Crippen molar-refractivity contribution in [1.29, 1.82) is 5.26 Å². The van der Waals surface area contributed by atoms with Crippen LogP contribution in [0.2, 0.25) is 0 Å². The Hall–Kier alpha value is -1.27. The summed E-state index contributed by atoms with van der Waals surface area (Å²) in [5.41, 5.74) is 6.57. The molecule has 0 unspecified atom stereocenters. The Morgan fingerprint density at radius 2 is 2.45 bits per heavy atom. The van der Waals surface area contributed by atoms with Gasteiger partial charge in [-0.1, -0.05) is 0 Å². The summed E-state index contributed by atoms with van der Waals surface area (Å²) in [6, 6.07) is 4.06. The summed E-state index contributed by atoms with van der Waals surface area (Å²) in [5, 5.41) is 8.36. The number of aromatic nitrogens is 1. The summed E-state index contributed by atoms with van der Waals surface area (Å²) in [7, 11) is 0. The lowest BCUT2D eigenvalue weighted by atomic mass is 10.2. The molecular weight excluding hydrogens is 138 g/mol. The monoisotopic (exact) mass is 149 g/mol. The van der Waals surface area contributed by atoms with Gasteiger partial charge < -0.3 is 10.3 Å². The average Bonchev–Trinajstić information content (AvgIpc) is 2.38. The second-order valence-electron chi connectivity index (χ2n) is 2.39. The third-order valence-corrected chi connectivity index (χ3v) is 1.50. The molecule has 11 heavy (non-hydrogen) atoms. The van der Waals surface area contributed by atoms with Gasteiger partial charge in [-0.3, -0.25) is 0 Å². The summed E-state index contributed by atoms with van der Waals surface area (Å²) < 4.78 is 1.85. The van der Waals surface area contributed by atoms with E-state index in [2.05, 4.69) is 6.07 Å². The Bertz CT molecular complexity index is 257. The Labute approximate surface area is 66.0 Å². The van der Waals surface area contributed by atoms with E-state index in [4.69, 9.17) is 11.0 Å². The first kappa shape index (κ1) is 7.83. The molecule has 0 spiro atoms. The zero-order chi connectivity index (χ0) is 8.10. The van der Waals surface area contributed by atoms with Crippen molar-refractivity contribution in [2.45, 2.75) is 13.0 Å². The molecule has 0 saturated carbocycles. The maximum absolute atomic E-state index is 8.36. The van der Waals surface area contributed by atoms with Crippen LogP contribution in [0.25, 0.3) is 0 Å². The number of hydrogen-bond donors (Lipinski definition) is 1. The highest BCUT2D eigenvalue weighted by atomic mass is 14.9. The summed E-state index contributed by atoms with van der Waals surface area (Å²) in [5.74, 6) is 0. The maximum Gasteiger partial charge on any atom is 0.109 e. The molecule has 1 rings (SSSR count). The van der Waals surface area contributed by atoms with Gasteiger partial charge in [-0.2, -0.15) is 5.26 Å². The molecule has 58 valence electrons. The molecule has 0 fully saturated rings. The first-order chi connectivity index (χ1) is 5.36. The Morgan fingerprint density at radius 1 is 1.64 bits per heavy atom. The predicted molar refractivity (Wildman–Crippen MR) is 42.8 cm³/mol. The quantitative estimate of drug-likeness (QED) is 0.680. The zero-order valence-electron chi connectivity index (χ0n) is 6.33. The molecule has 3 heteroatoms. The number of nitrogens with zero attached hydrogens (tertiary/aromatic N) is 2. The summed E-state index contributed by atoms with van der Waals surface area (Å²) in [6.07, 6.45) is 4.74. The lowest BCUT2D eigenvalue weighted by molar-refractivity contribution is 0.833. The van der Waals surface area contributed by atoms with Crippen molar-refractivity contribution in [3.05, 3.63) is 24.0 Å². The molecule has 1 heterocycles. The van der Waals surface area contributed by atoms with Crippen LogP contribution in [0.15, 0.2) is 18.5 Å². The predicted octanol–water partition coefficient (Wildman–Crippen LogP) is 0.513. The van der Waals surface area contributed by atoms with Gasteiger partial charge in [0.05, 0.1) is 6.07 Å². The molecule has 0 radical (unpaired) electrons. The lowest BCUT2D eigenvalue weighted by Crippen LogP contribution is -2.01. The van der Waals surface area contributed by atoms with Crippen LogP contribution in [0.5, 0.6) is 0 Å². The van der Waals surface area contributed by atoms with Gasteiger partial charge in [-0.25, -0.2) is 0 Å². The van der Waals surface area contributed by atoms with E-state index in [-0.39, 0.29) is 0 Å². The third-order valence-electron chi connectivity index (χ3n) is 1.50. The molecule has 0 aliphatic heterocycles. The molecule has 1 aromatic rings. The number of nitriles is 1. The van der Waals surface area contributed by atoms with Gasteiger partial charge in [0.1, 0.15) is 6.54 Å². The minimum atomic E-state index is 0.421. The highest BCUT2D eigenvalue weighted by Crippen LogP contribution is 2.00. The zero-order valence-corrected chi connectivity index (χ0v) is 6.33.